The molecule has 0 atom stereocenters. The molecule has 2 fully saturated rings. The van der Waals surface area contributed by atoms with Crippen molar-refractivity contribution in [1.82, 2.24) is 29.6 Å². The number of pyridine rings is 1. The molecule has 7 rings (SSSR count). The fraction of sp³-hybridized carbons (Fsp3) is 0.429. The van der Waals surface area contributed by atoms with E-state index in [0.29, 0.717) is 17.0 Å². The number of rotatable bonds is 5. The van der Waals surface area contributed by atoms with Gasteiger partial charge < -0.3 is 10.6 Å². The third kappa shape index (κ3) is 3.46. The van der Waals surface area contributed by atoms with Crippen LogP contribution in [-0.2, 0) is 17.4 Å². The first kappa shape index (κ1) is 21.7. The number of nitrogens with zero attached hydrogens (tertiary/aromatic N) is 5. The molecule has 1 aliphatic heterocycles. The second kappa shape index (κ2) is 7.49. The van der Waals surface area contributed by atoms with Gasteiger partial charge in [0.1, 0.15) is 5.39 Å². The fourth-order valence-electron chi connectivity index (χ4n) is 5.47. The fourth-order valence-corrected chi connectivity index (χ4v) is 5.47. The summed E-state index contributed by atoms with van der Waals surface area (Å²) in [4.78, 5) is 27.8. The summed E-state index contributed by atoms with van der Waals surface area (Å²) in [7, 11) is 0. The lowest BCUT2D eigenvalue weighted by Crippen LogP contribution is -2.42. The summed E-state index contributed by atoms with van der Waals surface area (Å²) in [5.41, 5.74) is 5.33. The number of fused-ring (bicyclic) bond motifs is 2. The zero-order valence-electron chi connectivity index (χ0n) is 21.0. The largest absolute Gasteiger partial charge is 0.324 e. The molecule has 3 aliphatic rings. The maximum absolute atomic E-state index is 13.4. The van der Waals surface area contributed by atoms with E-state index in [0.717, 1.165) is 55.8 Å². The molecule has 3 aromatic heterocycles. The Balaban J connectivity index is 1.32. The third-order valence-corrected chi connectivity index (χ3v) is 8.08. The van der Waals surface area contributed by atoms with E-state index in [2.05, 4.69) is 60.7 Å². The van der Waals surface area contributed by atoms with E-state index in [4.69, 9.17) is 9.97 Å². The van der Waals surface area contributed by atoms with Gasteiger partial charge in [0.2, 0.25) is 5.95 Å². The molecule has 0 saturated heterocycles. The molecule has 0 unspecified atom stereocenters. The second-order valence-electron chi connectivity index (χ2n) is 11.4. The summed E-state index contributed by atoms with van der Waals surface area (Å²) in [6.07, 6.45) is 6.92. The normalized spacial score (nSPS) is 19.8. The van der Waals surface area contributed by atoms with Crippen LogP contribution in [0.1, 0.15) is 69.3 Å². The van der Waals surface area contributed by atoms with E-state index in [1.54, 1.807) is 6.20 Å². The predicted octanol–water partition coefficient (Wildman–Crippen LogP) is 4.49. The number of nitrogens with one attached hydrogen (secondary N) is 2. The Hall–Kier alpha value is -3.52. The molecule has 2 N–H and O–H groups in total. The molecule has 1 aromatic carbocycles. The average molecular weight is 482 g/mol. The van der Waals surface area contributed by atoms with Crippen LogP contribution in [0.4, 0.5) is 11.6 Å². The number of hydrogen-bond acceptors (Lipinski definition) is 6. The summed E-state index contributed by atoms with van der Waals surface area (Å²) in [5.74, 6) is 1.22. The molecule has 0 amide bonds. The Morgan fingerprint density at radius 2 is 1.92 bits per heavy atom. The van der Waals surface area contributed by atoms with Crippen molar-refractivity contribution < 1.29 is 0 Å². The van der Waals surface area contributed by atoms with Crippen LogP contribution in [0.2, 0.25) is 0 Å². The lowest BCUT2D eigenvalue weighted by atomic mass is 9.85. The van der Waals surface area contributed by atoms with Crippen LogP contribution in [0.3, 0.4) is 0 Å². The van der Waals surface area contributed by atoms with Crippen molar-refractivity contribution in [3.63, 3.8) is 0 Å². The molecule has 36 heavy (non-hydrogen) atoms. The minimum atomic E-state index is -0.0487. The van der Waals surface area contributed by atoms with E-state index in [1.165, 1.54) is 11.1 Å². The van der Waals surface area contributed by atoms with Crippen molar-refractivity contribution >= 4 is 22.7 Å². The zero-order valence-corrected chi connectivity index (χ0v) is 21.0. The van der Waals surface area contributed by atoms with E-state index in [-0.39, 0.29) is 22.6 Å². The molecular weight excluding hydrogens is 450 g/mol. The van der Waals surface area contributed by atoms with Crippen molar-refractivity contribution in [2.75, 3.05) is 11.9 Å². The Bertz CT molecular complexity index is 1570. The lowest BCUT2D eigenvalue weighted by Gasteiger charge is -2.34. The summed E-state index contributed by atoms with van der Waals surface area (Å²) in [6.45, 7) is 7.63. The first-order valence-electron chi connectivity index (χ1n) is 13.0. The van der Waals surface area contributed by atoms with Gasteiger partial charge in [-0.2, -0.15) is 4.98 Å². The third-order valence-electron chi connectivity index (χ3n) is 8.08. The number of aromatic nitrogens is 5. The summed E-state index contributed by atoms with van der Waals surface area (Å²) in [6, 6.07) is 12.7. The van der Waals surface area contributed by atoms with Crippen molar-refractivity contribution in [1.29, 1.82) is 0 Å². The summed E-state index contributed by atoms with van der Waals surface area (Å²) >= 11 is 0. The average Bonchev–Trinajstić information content (AvgIpc) is 3.79. The van der Waals surface area contributed by atoms with Crippen LogP contribution in [0, 0.1) is 0 Å². The molecule has 8 nitrogen and oxygen atoms in total. The van der Waals surface area contributed by atoms with Crippen molar-refractivity contribution in [3.8, 4) is 5.82 Å². The highest BCUT2D eigenvalue weighted by Crippen LogP contribution is 2.47. The molecule has 184 valence electrons. The Kier molecular flexibility index (Phi) is 4.52. The van der Waals surface area contributed by atoms with Gasteiger partial charge in [0.25, 0.3) is 5.56 Å². The maximum atomic E-state index is 13.4. The Morgan fingerprint density at radius 3 is 2.69 bits per heavy atom. The highest BCUT2D eigenvalue weighted by molar-refractivity contribution is 5.77. The molecule has 2 saturated carbocycles. The van der Waals surface area contributed by atoms with E-state index < -0.39 is 0 Å². The number of benzene rings is 1. The molecule has 0 spiro atoms. The van der Waals surface area contributed by atoms with Gasteiger partial charge in [0.05, 0.1) is 6.04 Å². The van der Waals surface area contributed by atoms with Crippen LogP contribution in [-0.4, -0.2) is 30.9 Å². The predicted molar refractivity (Wildman–Crippen MR) is 140 cm³/mol. The van der Waals surface area contributed by atoms with Gasteiger partial charge >= 0.3 is 0 Å². The van der Waals surface area contributed by atoms with Crippen molar-refractivity contribution in [2.24, 2.45) is 0 Å². The monoisotopic (exact) mass is 481 g/mol. The highest BCUT2D eigenvalue weighted by Gasteiger charge is 2.41. The SMILES string of the molecule is CC1(c2cccc(-n3c4nc(Nc5ccc6c(c5)CCNC6(C)C)ncc4c(=O)n3C3CC3)n2)CC1. The minimum absolute atomic E-state index is 0.0393. The molecule has 8 heteroatoms. The smallest absolute Gasteiger partial charge is 0.278 e. The maximum Gasteiger partial charge on any atom is 0.278 e. The van der Waals surface area contributed by atoms with Gasteiger partial charge in [-0.1, -0.05) is 19.1 Å². The van der Waals surface area contributed by atoms with Crippen LogP contribution >= 0.6 is 0 Å². The van der Waals surface area contributed by atoms with E-state index in [1.807, 2.05) is 21.5 Å². The van der Waals surface area contributed by atoms with E-state index >= 15 is 0 Å². The second-order valence-corrected chi connectivity index (χ2v) is 11.4. The summed E-state index contributed by atoms with van der Waals surface area (Å²) < 4.78 is 3.75. The van der Waals surface area contributed by atoms with Crippen LogP contribution in [0.25, 0.3) is 16.9 Å². The molecule has 4 aromatic rings. The molecule has 4 heterocycles. The molecule has 0 radical (unpaired) electrons. The van der Waals surface area contributed by atoms with Gasteiger partial charge in [-0.05, 0) is 87.9 Å². The van der Waals surface area contributed by atoms with Crippen LogP contribution < -0.4 is 16.2 Å². The first-order valence-corrected chi connectivity index (χ1v) is 13.0. The molecular formula is C28H31N7O. The number of anilines is 2. The van der Waals surface area contributed by atoms with E-state index in [9.17, 15) is 4.79 Å². The van der Waals surface area contributed by atoms with Crippen molar-refractivity contribution in [2.45, 2.75) is 69.9 Å². The zero-order chi connectivity index (χ0) is 24.7. The van der Waals surface area contributed by atoms with Gasteiger partial charge in [0.15, 0.2) is 11.5 Å². The summed E-state index contributed by atoms with van der Waals surface area (Å²) in [5, 5.41) is 7.49. The molecule has 2 aliphatic carbocycles. The quantitative estimate of drug-likeness (QED) is 0.437. The van der Waals surface area contributed by atoms with Gasteiger partial charge in [-0.25, -0.2) is 19.3 Å². The lowest BCUT2D eigenvalue weighted by molar-refractivity contribution is 0.382. The van der Waals surface area contributed by atoms with Gasteiger partial charge in [-0.3, -0.25) is 4.79 Å². The van der Waals surface area contributed by atoms with Gasteiger partial charge in [0, 0.05) is 28.5 Å². The Morgan fingerprint density at radius 1 is 1.08 bits per heavy atom. The van der Waals surface area contributed by atoms with Crippen LogP contribution in [0.5, 0.6) is 0 Å². The van der Waals surface area contributed by atoms with Crippen LogP contribution in [0.15, 0.2) is 47.4 Å². The van der Waals surface area contributed by atoms with Crippen molar-refractivity contribution in [3.05, 3.63) is 69.8 Å². The molecule has 0 bridgehead atoms. The number of hydrogen-bond donors (Lipinski definition) is 2. The standard InChI is InChI=1S/C28H31N7O/c1-27(2)21-10-7-18(15-17(21)11-14-30-27)31-26-29-16-20-24(33-26)35(34(25(20)36)19-8-9-19)23-6-4-5-22(32-23)28(3)12-13-28/h4-7,10,15-16,19,30H,8-9,11-14H2,1-3H3,(H,29,31,33). The minimum Gasteiger partial charge on any atom is -0.324 e. The highest BCUT2D eigenvalue weighted by atomic mass is 16.1. The van der Waals surface area contributed by atoms with Gasteiger partial charge in [-0.15, -0.1) is 0 Å². The Labute approximate surface area is 209 Å². The topological polar surface area (TPSA) is 89.7 Å². The first-order chi connectivity index (χ1) is 17.3.